The van der Waals surface area contributed by atoms with Crippen molar-refractivity contribution in [3.63, 3.8) is 0 Å². The maximum atomic E-state index is 6.68. The number of nitrogens with zero attached hydrogens (tertiary/aromatic N) is 1. The van der Waals surface area contributed by atoms with Crippen molar-refractivity contribution in [2.45, 2.75) is 77.7 Å². The predicted octanol–water partition coefficient (Wildman–Crippen LogP) is 8.49. The molecule has 0 fully saturated rings. The predicted molar refractivity (Wildman–Crippen MR) is 129 cm³/mol. The van der Waals surface area contributed by atoms with E-state index < -0.39 is 0 Å². The minimum Gasteiger partial charge on any atom is -0.336 e. The monoisotopic (exact) mass is 447 g/mol. The molecule has 0 aliphatic heterocycles. The van der Waals surface area contributed by atoms with E-state index in [1.807, 2.05) is 0 Å². The summed E-state index contributed by atoms with van der Waals surface area (Å²) in [5.41, 5.74) is 3.15. The number of nitrogens with one attached hydrogen (secondary N) is 1. The lowest BCUT2D eigenvalue weighted by Gasteiger charge is -2.05. The van der Waals surface area contributed by atoms with Crippen LogP contribution in [-0.4, -0.2) is 4.98 Å². The Kier molecular flexibility index (Phi) is 9.16. The number of hydrogen-bond donors (Lipinski definition) is 1. The van der Waals surface area contributed by atoms with Crippen molar-refractivity contribution in [2.24, 2.45) is 0 Å². The van der Waals surface area contributed by atoms with Gasteiger partial charge in [-0.2, -0.15) is 0 Å². The maximum absolute atomic E-state index is 6.68. The number of aromatic nitrogens is 2. The summed E-state index contributed by atoms with van der Waals surface area (Å²) in [6.07, 6.45) is 18.0. The van der Waals surface area contributed by atoms with E-state index in [2.05, 4.69) is 53.1 Å². The summed E-state index contributed by atoms with van der Waals surface area (Å²) in [6, 6.07) is 8.45. The molecule has 0 saturated heterocycles. The number of halogens is 1. The van der Waals surface area contributed by atoms with Crippen molar-refractivity contribution < 1.29 is 4.57 Å². The highest BCUT2D eigenvalue weighted by molar-refractivity contribution is 7.73. The fourth-order valence-electron chi connectivity index (χ4n) is 3.81. The molecular weight excluding hydrogens is 416 g/mol. The van der Waals surface area contributed by atoms with E-state index in [0.717, 1.165) is 36.9 Å². The third-order valence-electron chi connectivity index (χ3n) is 5.47. The Morgan fingerprint density at radius 3 is 2.38 bits per heavy atom. The Labute approximate surface area is 189 Å². The highest BCUT2D eigenvalue weighted by Gasteiger charge is 2.12. The van der Waals surface area contributed by atoms with Crippen LogP contribution < -0.4 is 4.57 Å². The SMILES string of the molecule is CCCCCCCCCCCC[n+]1cccc(-c2ccc3sc(=S)[nH]c3c2Cl)c1. The molecule has 0 bridgehead atoms. The van der Waals surface area contributed by atoms with Crippen LogP contribution in [0.2, 0.25) is 5.02 Å². The lowest BCUT2D eigenvalue weighted by molar-refractivity contribution is -0.696. The second-order valence-corrected chi connectivity index (χ2v) is 9.92. The molecule has 156 valence electrons. The molecule has 0 unspecified atom stereocenters. The van der Waals surface area contributed by atoms with Crippen LogP contribution >= 0.6 is 35.2 Å². The minimum atomic E-state index is 0.756. The number of aryl methyl sites for hydroxylation is 1. The molecule has 2 nitrogen and oxygen atoms in total. The average Bonchev–Trinajstić information content (AvgIpc) is 3.11. The van der Waals surface area contributed by atoms with E-state index in [0.29, 0.717) is 0 Å². The summed E-state index contributed by atoms with van der Waals surface area (Å²) in [4.78, 5) is 3.22. The third-order valence-corrected chi connectivity index (χ3v) is 7.06. The van der Waals surface area contributed by atoms with Crippen LogP contribution in [0.15, 0.2) is 36.7 Å². The molecule has 2 heterocycles. The van der Waals surface area contributed by atoms with Gasteiger partial charge >= 0.3 is 0 Å². The molecule has 5 heteroatoms. The highest BCUT2D eigenvalue weighted by Crippen LogP contribution is 2.35. The fourth-order valence-corrected chi connectivity index (χ4v) is 5.31. The van der Waals surface area contributed by atoms with E-state index in [4.69, 9.17) is 23.8 Å². The van der Waals surface area contributed by atoms with E-state index in [1.165, 1.54) is 64.2 Å². The van der Waals surface area contributed by atoms with Crippen LogP contribution in [0.1, 0.15) is 71.1 Å². The van der Waals surface area contributed by atoms with Gasteiger partial charge < -0.3 is 4.98 Å². The maximum Gasteiger partial charge on any atom is 0.176 e. The first-order valence-electron chi connectivity index (χ1n) is 11.0. The van der Waals surface area contributed by atoms with Gasteiger partial charge in [0, 0.05) is 23.6 Å². The summed E-state index contributed by atoms with van der Waals surface area (Å²) in [7, 11) is 0. The first kappa shape index (κ1) is 22.5. The quantitative estimate of drug-likeness (QED) is 0.167. The van der Waals surface area contributed by atoms with Crippen molar-refractivity contribution in [3.8, 4) is 11.1 Å². The van der Waals surface area contributed by atoms with Gasteiger partial charge in [-0.3, -0.25) is 0 Å². The number of thiazole rings is 1. The Hall–Kier alpha value is -1.23. The summed E-state index contributed by atoms with van der Waals surface area (Å²) in [6.45, 7) is 3.34. The molecule has 3 rings (SSSR count). The third kappa shape index (κ3) is 6.63. The summed E-state index contributed by atoms with van der Waals surface area (Å²) < 4.78 is 4.16. The summed E-state index contributed by atoms with van der Waals surface area (Å²) in [5.74, 6) is 0. The highest BCUT2D eigenvalue weighted by atomic mass is 35.5. The summed E-state index contributed by atoms with van der Waals surface area (Å²) >= 11 is 13.5. The van der Waals surface area contributed by atoms with Crippen molar-refractivity contribution in [2.75, 3.05) is 0 Å². The van der Waals surface area contributed by atoms with Gasteiger partial charge in [-0.25, -0.2) is 4.57 Å². The second kappa shape index (κ2) is 11.8. The number of hydrogen-bond acceptors (Lipinski definition) is 2. The van der Waals surface area contributed by atoms with Crippen LogP contribution in [0.25, 0.3) is 21.3 Å². The zero-order valence-electron chi connectivity index (χ0n) is 17.4. The van der Waals surface area contributed by atoms with E-state index in [-0.39, 0.29) is 0 Å². The number of aromatic amines is 1. The van der Waals surface area contributed by atoms with Gasteiger partial charge in [-0.15, -0.1) is 11.3 Å². The molecule has 0 aliphatic carbocycles. The molecule has 0 spiro atoms. The van der Waals surface area contributed by atoms with Gasteiger partial charge in [0.1, 0.15) is 6.54 Å². The van der Waals surface area contributed by atoms with Crippen molar-refractivity contribution >= 4 is 45.4 Å². The molecule has 0 atom stereocenters. The van der Waals surface area contributed by atoms with Gasteiger partial charge in [0.2, 0.25) is 0 Å². The lowest BCUT2D eigenvalue weighted by atomic mass is 10.1. The number of H-pyrrole nitrogens is 1. The fraction of sp³-hybridized carbons (Fsp3) is 0.500. The lowest BCUT2D eigenvalue weighted by Crippen LogP contribution is -2.32. The molecule has 1 N–H and O–H groups in total. The Bertz CT molecular complexity index is 961. The smallest absolute Gasteiger partial charge is 0.176 e. The zero-order chi connectivity index (χ0) is 20.5. The standard InChI is InChI=1S/C24H31ClN2S2/c1-2-3-4-5-6-7-8-9-10-11-16-27-17-12-13-19(18-27)20-14-15-21-23(22(20)25)26-24(28)29-21/h12-15,17-18H,2-11,16H2,1H3/p+1. The number of benzene rings is 1. The molecule has 0 aliphatic rings. The molecule has 0 radical (unpaired) electrons. The van der Waals surface area contributed by atoms with Crippen LogP contribution in [0.3, 0.4) is 0 Å². The molecule has 0 amide bonds. The van der Waals surface area contributed by atoms with Crippen LogP contribution in [-0.2, 0) is 6.54 Å². The van der Waals surface area contributed by atoms with Crippen LogP contribution in [0.4, 0.5) is 0 Å². The van der Waals surface area contributed by atoms with E-state index in [1.54, 1.807) is 11.3 Å². The Morgan fingerprint density at radius 2 is 1.66 bits per heavy atom. The largest absolute Gasteiger partial charge is 0.336 e. The van der Waals surface area contributed by atoms with Gasteiger partial charge in [0.25, 0.3) is 0 Å². The normalized spacial score (nSPS) is 11.4. The van der Waals surface area contributed by atoms with Crippen LogP contribution in [0.5, 0.6) is 0 Å². The van der Waals surface area contributed by atoms with Crippen molar-refractivity contribution in [1.29, 1.82) is 0 Å². The molecule has 2 aromatic heterocycles. The first-order valence-corrected chi connectivity index (χ1v) is 12.6. The second-order valence-electron chi connectivity index (χ2n) is 7.83. The van der Waals surface area contributed by atoms with Gasteiger partial charge in [0.15, 0.2) is 16.3 Å². The number of unbranched alkanes of at least 4 members (excludes halogenated alkanes) is 9. The zero-order valence-corrected chi connectivity index (χ0v) is 19.8. The first-order chi connectivity index (χ1) is 14.2. The number of rotatable bonds is 12. The molecule has 1 aromatic carbocycles. The molecule has 29 heavy (non-hydrogen) atoms. The van der Waals surface area contributed by atoms with E-state index in [9.17, 15) is 0 Å². The molecule has 3 aromatic rings. The van der Waals surface area contributed by atoms with Gasteiger partial charge in [-0.1, -0.05) is 76.0 Å². The number of fused-ring (bicyclic) bond motifs is 1. The molecule has 0 saturated carbocycles. The Balaban J connectivity index is 1.48. The van der Waals surface area contributed by atoms with Crippen LogP contribution in [0, 0.1) is 3.95 Å². The average molecular weight is 448 g/mol. The van der Waals surface area contributed by atoms with Gasteiger partial charge in [0.05, 0.1) is 15.2 Å². The summed E-state index contributed by atoms with van der Waals surface area (Å²) in [5, 5.41) is 0.756. The van der Waals surface area contributed by atoms with Gasteiger partial charge in [-0.05, 0) is 30.8 Å². The Morgan fingerprint density at radius 1 is 0.966 bits per heavy atom. The van der Waals surface area contributed by atoms with E-state index >= 15 is 0 Å². The topological polar surface area (TPSA) is 19.7 Å². The van der Waals surface area contributed by atoms with Crippen molar-refractivity contribution in [3.05, 3.63) is 45.6 Å². The minimum absolute atomic E-state index is 0.756. The molecular formula is C24H32ClN2S2+. The number of pyridine rings is 1. The van der Waals surface area contributed by atoms with Crippen molar-refractivity contribution in [1.82, 2.24) is 4.98 Å².